The Labute approximate surface area is 221 Å². The lowest BCUT2D eigenvalue weighted by Crippen LogP contribution is -2.60. The summed E-state index contributed by atoms with van der Waals surface area (Å²) in [7, 11) is 0. The molecule has 3 fully saturated rings. The minimum atomic E-state index is -0.723. The van der Waals surface area contributed by atoms with E-state index in [1.165, 1.54) is 0 Å². The molecule has 7 nitrogen and oxygen atoms in total. The van der Waals surface area contributed by atoms with Crippen LogP contribution in [0.2, 0.25) is 0 Å². The van der Waals surface area contributed by atoms with Gasteiger partial charge in [-0.15, -0.1) is 24.9 Å². The van der Waals surface area contributed by atoms with E-state index in [2.05, 4.69) is 20.1 Å². The second-order valence-corrected chi connectivity index (χ2v) is 12.8. The summed E-state index contributed by atoms with van der Waals surface area (Å²) in [4.78, 5) is 47.9. The Hall–Kier alpha value is -1.80. The number of aliphatic hydroxyl groups excluding tert-OH is 1. The van der Waals surface area contributed by atoms with E-state index in [0.717, 1.165) is 12.8 Å². The first-order chi connectivity index (χ1) is 17.0. The molecule has 0 aromatic heterocycles. The average molecular weight is 520 g/mol. The first kappa shape index (κ1) is 28.8. The minimum absolute atomic E-state index is 0.00148. The number of carbonyl (C=O) groups is 3. The van der Waals surface area contributed by atoms with Crippen LogP contribution in [-0.4, -0.2) is 91.9 Å². The van der Waals surface area contributed by atoms with Crippen LogP contribution in [-0.2, 0) is 14.4 Å². The smallest absolute Gasteiger partial charge is 0.247 e. The van der Waals surface area contributed by atoms with Gasteiger partial charge in [0.05, 0.1) is 29.2 Å². The molecule has 202 valence electrons. The van der Waals surface area contributed by atoms with Gasteiger partial charge in [-0.05, 0) is 38.5 Å². The fourth-order valence-electron chi connectivity index (χ4n) is 6.78. The first-order valence-corrected chi connectivity index (χ1v) is 14.3. The molecular weight excluding hydrogens is 474 g/mol. The number of fused-ring (bicyclic) bond motifs is 1. The van der Waals surface area contributed by atoms with Gasteiger partial charge in [0.15, 0.2) is 0 Å². The third-order valence-corrected chi connectivity index (χ3v) is 10.5. The monoisotopic (exact) mass is 519 g/mol. The molecule has 36 heavy (non-hydrogen) atoms. The third-order valence-electron chi connectivity index (χ3n) is 8.40. The molecule has 2 bridgehead atoms. The van der Waals surface area contributed by atoms with Gasteiger partial charge >= 0.3 is 0 Å². The van der Waals surface area contributed by atoms with Crippen LogP contribution in [0.3, 0.4) is 0 Å². The van der Waals surface area contributed by atoms with Gasteiger partial charge in [0.1, 0.15) is 6.04 Å². The molecule has 0 saturated carbocycles. The maximum Gasteiger partial charge on any atom is 0.247 e. The Bertz CT molecular complexity index is 877. The number of hydrogen-bond donors (Lipinski definition) is 1. The highest BCUT2D eigenvalue weighted by Gasteiger charge is 2.77. The quantitative estimate of drug-likeness (QED) is 0.401. The predicted octanol–water partition coefficient (Wildman–Crippen LogP) is 3.19. The summed E-state index contributed by atoms with van der Waals surface area (Å²) in [6.45, 7) is 20.9. The predicted molar refractivity (Wildman–Crippen MR) is 145 cm³/mol. The number of aliphatic hydroxyl groups is 1. The molecule has 1 N–H and O–H groups in total. The molecule has 3 unspecified atom stereocenters. The SMILES string of the molecule is C=CCN(CCC)C(=O)[C@@H]1[C@H]2C(=O)N([C@@H](CO)C(C)C)C(C(=O)N(CC=C)C(C)C)C23S[C@@H]1CC3C. The number of likely N-dealkylation sites (tertiary alicyclic amines) is 1. The maximum absolute atomic E-state index is 14.4. The van der Waals surface area contributed by atoms with Crippen LogP contribution in [0.4, 0.5) is 0 Å². The van der Waals surface area contributed by atoms with Crippen molar-refractivity contribution < 1.29 is 19.5 Å². The van der Waals surface area contributed by atoms with Crippen molar-refractivity contribution in [2.75, 3.05) is 26.2 Å². The Balaban J connectivity index is 2.16. The van der Waals surface area contributed by atoms with Crippen molar-refractivity contribution in [3.63, 3.8) is 0 Å². The molecule has 1 spiro atoms. The summed E-state index contributed by atoms with van der Waals surface area (Å²) in [5.41, 5.74) is 0. The van der Waals surface area contributed by atoms with Gasteiger partial charge in [0, 0.05) is 30.9 Å². The van der Waals surface area contributed by atoms with Gasteiger partial charge in [0.2, 0.25) is 17.7 Å². The van der Waals surface area contributed by atoms with Crippen LogP contribution in [0.5, 0.6) is 0 Å². The fraction of sp³-hybridized carbons (Fsp3) is 0.750. The van der Waals surface area contributed by atoms with Crippen molar-refractivity contribution in [1.82, 2.24) is 14.7 Å². The summed E-state index contributed by atoms with van der Waals surface area (Å²) >= 11 is 1.69. The van der Waals surface area contributed by atoms with Crippen LogP contribution >= 0.6 is 11.8 Å². The van der Waals surface area contributed by atoms with Crippen molar-refractivity contribution >= 4 is 29.5 Å². The van der Waals surface area contributed by atoms with Gasteiger partial charge < -0.3 is 19.8 Å². The van der Waals surface area contributed by atoms with E-state index < -0.39 is 28.7 Å². The van der Waals surface area contributed by atoms with E-state index >= 15 is 0 Å². The zero-order valence-electron chi connectivity index (χ0n) is 22.9. The topological polar surface area (TPSA) is 81.2 Å². The van der Waals surface area contributed by atoms with Crippen LogP contribution in [0.25, 0.3) is 0 Å². The number of thioether (sulfide) groups is 1. The molecule has 3 aliphatic rings. The number of rotatable bonds is 12. The van der Waals surface area contributed by atoms with Gasteiger partial charge in [-0.2, -0.15) is 0 Å². The Morgan fingerprint density at radius 2 is 1.83 bits per heavy atom. The lowest BCUT2D eigenvalue weighted by molar-refractivity contribution is -0.148. The average Bonchev–Trinajstić information content (AvgIpc) is 3.41. The molecule has 0 radical (unpaired) electrons. The largest absolute Gasteiger partial charge is 0.394 e. The van der Waals surface area contributed by atoms with Crippen molar-refractivity contribution in [1.29, 1.82) is 0 Å². The number of nitrogens with zero attached hydrogens (tertiary/aromatic N) is 3. The van der Waals surface area contributed by atoms with Crippen molar-refractivity contribution in [2.45, 2.75) is 82.5 Å². The van der Waals surface area contributed by atoms with Crippen LogP contribution < -0.4 is 0 Å². The molecule has 0 aliphatic carbocycles. The van der Waals surface area contributed by atoms with Crippen LogP contribution in [0.1, 0.15) is 54.4 Å². The molecular formula is C28H45N3O4S. The molecule has 0 aromatic carbocycles. The van der Waals surface area contributed by atoms with E-state index in [-0.39, 0.29) is 47.5 Å². The van der Waals surface area contributed by atoms with E-state index in [1.807, 2.05) is 39.5 Å². The maximum atomic E-state index is 14.4. The van der Waals surface area contributed by atoms with Gasteiger partial charge in [-0.1, -0.05) is 39.8 Å². The van der Waals surface area contributed by atoms with Crippen molar-refractivity contribution in [3.05, 3.63) is 25.3 Å². The first-order valence-electron chi connectivity index (χ1n) is 13.4. The van der Waals surface area contributed by atoms with E-state index in [9.17, 15) is 19.5 Å². The molecule has 3 aliphatic heterocycles. The third kappa shape index (κ3) is 4.42. The van der Waals surface area contributed by atoms with E-state index in [0.29, 0.717) is 19.6 Å². The molecule has 8 heteroatoms. The van der Waals surface area contributed by atoms with Crippen LogP contribution in [0.15, 0.2) is 25.3 Å². The molecule has 3 heterocycles. The number of hydrogen-bond acceptors (Lipinski definition) is 5. The molecule has 3 amide bonds. The summed E-state index contributed by atoms with van der Waals surface area (Å²) < 4.78 is -0.693. The zero-order valence-corrected chi connectivity index (χ0v) is 23.7. The Morgan fingerprint density at radius 3 is 2.33 bits per heavy atom. The Morgan fingerprint density at radius 1 is 1.19 bits per heavy atom. The second kappa shape index (κ2) is 11.3. The lowest BCUT2D eigenvalue weighted by atomic mass is 9.65. The van der Waals surface area contributed by atoms with Crippen LogP contribution in [0, 0.1) is 23.7 Å². The number of carbonyl (C=O) groups excluding carboxylic acids is 3. The second-order valence-electron chi connectivity index (χ2n) is 11.2. The van der Waals surface area contributed by atoms with Gasteiger partial charge in [-0.25, -0.2) is 0 Å². The molecule has 3 rings (SSSR count). The number of amides is 3. The fourth-order valence-corrected chi connectivity index (χ4v) is 9.17. The van der Waals surface area contributed by atoms with Crippen molar-refractivity contribution in [3.8, 4) is 0 Å². The molecule has 0 aromatic rings. The highest BCUT2D eigenvalue weighted by Crippen LogP contribution is 2.69. The standard InChI is InChI=1S/C28H45N3O4S/c1-9-12-29(13-10-2)25(33)22-21-15-19(8)28(36-21)23(22)26(34)31(20(16-32)17(4)5)24(28)27(35)30(14-11-3)18(6)7/h9,11,17-24,32H,1,3,10,12-16H2,2,4-8H3/t19?,20-,21+,22-,23-,24?,28?/m0/s1. The summed E-state index contributed by atoms with van der Waals surface area (Å²) in [5.74, 6) is -1.27. The molecule has 7 atom stereocenters. The van der Waals surface area contributed by atoms with Crippen molar-refractivity contribution in [2.24, 2.45) is 23.7 Å². The summed E-state index contributed by atoms with van der Waals surface area (Å²) in [6.07, 6.45) is 5.07. The summed E-state index contributed by atoms with van der Waals surface area (Å²) in [6, 6.07) is -1.29. The molecule has 3 saturated heterocycles. The Kier molecular flexibility index (Phi) is 9.03. The van der Waals surface area contributed by atoms with Gasteiger partial charge in [-0.3, -0.25) is 14.4 Å². The highest BCUT2D eigenvalue weighted by atomic mass is 32.2. The van der Waals surface area contributed by atoms with Gasteiger partial charge in [0.25, 0.3) is 0 Å². The zero-order chi connectivity index (χ0) is 26.9. The summed E-state index contributed by atoms with van der Waals surface area (Å²) in [5, 5.41) is 10.4. The lowest BCUT2D eigenvalue weighted by Gasteiger charge is -2.43. The van der Waals surface area contributed by atoms with E-state index in [4.69, 9.17) is 0 Å². The highest BCUT2D eigenvalue weighted by molar-refractivity contribution is 8.02. The minimum Gasteiger partial charge on any atom is -0.394 e. The normalized spacial score (nSPS) is 31.6. The van der Waals surface area contributed by atoms with E-state index in [1.54, 1.807) is 33.7 Å².